The second kappa shape index (κ2) is 6.72. The van der Waals surface area contributed by atoms with Crippen LogP contribution in [0.1, 0.15) is 21.5 Å². The summed E-state index contributed by atoms with van der Waals surface area (Å²) in [6.45, 7) is 4.13. The number of carbonyl (C=O) groups is 1. The molecule has 1 aromatic heterocycles. The highest BCUT2D eigenvalue weighted by Crippen LogP contribution is 2.26. The Kier molecular flexibility index (Phi) is 4.63. The normalized spacial score (nSPS) is 11.8. The molecule has 0 saturated heterocycles. The van der Waals surface area contributed by atoms with Gasteiger partial charge in [-0.05, 0) is 37.1 Å². The number of aryl methyl sites for hydroxylation is 3. The van der Waals surface area contributed by atoms with Gasteiger partial charge in [0.25, 0.3) is 5.91 Å². The third-order valence-corrected chi connectivity index (χ3v) is 5.45. The van der Waals surface area contributed by atoms with Crippen LogP contribution < -0.4 is 14.3 Å². The van der Waals surface area contributed by atoms with Gasteiger partial charge in [-0.3, -0.25) is 4.79 Å². The molecule has 1 amide bonds. The maximum Gasteiger partial charge on any atom is 0.283 e. The van der Waals surface area contributed by atoms with Gasteiger partial charge in [0.2, 0.25) is 0 Å². The van der Waals surface area contributed by atoms with Gasteiger partial charge in [-0.25, -0.2) is 0 Å². The van der Waals surface area contributed by atoms with E-state index in [4.69, 9.17) is 9.47 Å². The Morgan fingerprint density at radius 1 is 1.08 bits per heavy atom. The van der Waals surface area contributed by atoms with Crippen LogP contribution in [0.5, 0.6) is 11.5 Å². The Labute approximate surface area is 150 Å². The summed E-state index contributed by atoms with van der Waals surface area (Å²) in [4.78, 5) is 17.7. The zero-order valence-corrected chi connectivity index (χ0v) is 15.7. The van der Waals surface area contributed by atoms with Crippen molar-refractivity contribution in [3.8, 4) is 11.5 Å². The van der Waals surface area contributed by atoms with E-state index >= 15 is 0 Å². The first kappa shape index (κ1) is 17.2. The van der Waals surface area contributed by atoms with Gasteiger partial charge in [0, 0.05) is 13.1 Å². The molecule has 6 heteroatoms. The fraction of sp³-hybridized carbons (Fsp3) is 0.263. The number of benzene rings is 2. The molecule has 2 aromatic carbocycles. The van der Waals surface area contributed by atoms with Crippen LogP contribution in [0.2, 0.25) is 0 Å². The lowest BCUT2D eigenvalue weighted by Gasteiger charge is -2.07. The van der Waals surface area contributed by atoms with Crippen LogP contribution in [0.25, 0.3) is 10.2 Å². The molecule has 0 saturated carbocycles. The molecule has 3 rings (SSSR count). The average Bonchev–Trinajstić information content (AvgIpc) is 2.95. The number of thiazole rings is 1. The van der Waals surface area contributed by atoms with E-state index in [0.717, 1.165) is 15.8 Å². The molecule has 0 N–H and O–H groups in total. The molecular formula is C19H20N2O3S. The summed E-state index contributed by atoms with van der Waals surface area (Å²) >= 11 is 1.52. The SMILES string of the molecule is COc1ccc(C(=O)N=c2sc3c(C)ccc(C)c3n2C)c(OC)c1. The predicted octanol–water partition coefficient (Wildman–Crippen LogP) is 3.61. The average molecular weight is 356 g/mol. The maximum absolute atomic E-state index is 12.7. The summed E-state index contributed by atoms with van der Waals surface area (Å²) in [5.74, 6) is 0.744. The van der Waals surface area contributed by atoms with Crippen molar-refractivity contribution in [2.45, 2.75) is 13.8 Å². The van der Waals surface area contributed by atoms with E-state index in [2.05, 4.69) is 31.0 Å². The lowest BCUT2D eigenvalue weighted by molar-refractivity contribution is 0.0995. The van der Waals surface area contributed by atoms with Crippen molar-refractivity contribution in [2.75, 3.05) is 14.2 Å². The molecule has 0 bridgehead atoms. The summed E-state index contributed by atoms with van der Waals surface area (Å²) in [7, 11) is 5.03. The van der Waals surface area contributed by atoms with Crippen molar-refractivity contribution < 1.29 is 14.3 Å². The van der Waals surface area contributed by atoms with E-state index < -0.39 is 0 Å². The number of nitrogens with zero attached hydrogens (tertiary/aromatic N) is 2. The first-order valence-electron chi connectivity index (χ1n) is 7.83. The molecule has 0 aliphatic heterocycles. The Balaban J connectivity index is 2.14. The molecule has 0 unspecified atom stereocenters. The molecule has 130 valence electrons. The number of methoxy groups -OCH3 is 2. The Hall–Kier alpha value is -2.60. The smallest absolute Gasteiger partial charge is 0.283 e. The number of carbonyl (C=O) groups excluding carboxylic acids is 1. The van der Waals surface area contributed by atoms with Crippen molar-refractivity contribution in [2.24, 2.45) is 12.0 Å². The topological polar surface area (TPSA) is 52.8 Å². The van der Waals surface area contributed by atoms with Crippen molar-refractivity contribution in [1.29, 1.82) is 0 Å². The van der Waals surface area contributed by atoms with Crippen molar-refractivity contribution in [1.82, 2.24) is 4.57 Å². The summed E-state index contributed by atoms with van der Waals surface area (Å²) in [5, 5.41) is 0. The first-order valence-corrected chi connectivity index (χ1v) is 8.64. The number of ether oxygens (including phenoxy) is 2. The zero-order chi connectivity index (χ0) is 18.1. The molecule has 1 heterocycles. The van der Waals surface area contributed by atoms with E-state index in [1.54, 1.807) is 25.3 Å². The molecule has 0 fully saturated rings. The van der Waals surface area contributed by atoms with Crippen LogP contribution in [0.15, 0.2) is 35.3 Å². The fourth-order valence-electron chi connectivity index (χ4n) is 2.79. The van der Waals surface area contributed by atoms with E-state index in [9.17, 15) is 4.79 Å². The summed E-state index contributed by atoms with van der Waals surface area (Å²) in [6, 6.07) is 9.26. The highest BCUT2D eigenvalue weighted by atomic mass is 32.1. The van der Waals surface area contributed by atoms with Gasteiger partial charge < -0.3 is 14.0 Å². The minimum atomic E-state index is -0.336. The van der Waals surface area contributed by atoms with Gasteiger partial charge in [0.15, 0.2) is 4.80 Å². The Morgan fingerprint density at radius 3 is 2.44 bits per heavy atom. The molecule has 25 heavy (non-hydrogen) atoms. The van der Waals surface area contributed by atoms with Crippen LogP contribution in [0, 0.1) is 13.8 Å². The van der Waals surface area contributed by atoms with E-state index in [1.165, 1.54) is 24.0 Å². The van der Waals surface area contributed by atoms with E-state index in [1.807, 2.05) is 11.6 Å². The van der Waals surface area contributed by atoms with Gasteiger partial charge in [-0.15, -0.1) is 0 Å². The van der Waals surface area contributed by atoms with Gasteiger partial charge in [0.05, 0.1) is 30.0 Å². The number of amides is 1. The van der Waals surface area contributed by atoms with Crippen LogP contribution in [-0.2, 0) is 7.05 Å². The molecule has 0 aliphatic carbocycles. The summed E-state index contributed by atoms with van der Waals surface area (Å²) in [6.07, 6.45) is 0. The zero-order valence-electron chi connectivity index (χ0n) is 14.9. The van der Waals surface area contributed by atoms with Crippen LogP contribution in [-0.4, -0.2) is 24.7 Å². The molecule has 0 spiro atoms. The number of hydrogen-bond acceptors (Lipinski definition) is 4. The van der Waals surface area contributed by atoms with Gasteiger partial charge in [0.1, 0.15) is 11.5 Å². The minimum absolute atomic E-state index is 0.336. The van der Waals surface area contributed by atoms with Crippen molar-refractivity contribution in [3.05, 3.63) is 51.8 Å². The highest BCUT2D eigenvalue weighted by molar-refractivity contribution is 7.16. The second-order valence-electron chi connectivity index (χ2n) is 5.80. The monoisotopic (exact) mass is 356 g/mol. The van der Waals surface area contributed by atoms with Crippen LogP contribution in [0.4, 0.5) is 0 Å². The van der Waals surface area contributed by atoms with E-state index in [0.29, 0.717) is 21.9 Å². The number of rotatable bonds is 3. The highest BCUT2D eigenvalue weighted by Gasteiger charge is 2.14. The quantitative estimate of drug-likeness (QED) is 0.720. The molecule has 0 atom stereocenters. The fourth-order valence-corrected chi connectivity index (χ4v) is 3.95. The maximum atomic E-state index is 12.7. The molecule has 0 radical (unpaired) electrons. The molecule has 0 aliphatic rings. The Morgan fingerprint density at radius 2 is 1.80 bits per heavy atom. The van der Waals surface area contributed by atoms with Gasteiger partial charge in [-0.2, -0.15) is 4.99 Å². The second-order valence-corrected chi connectivity index (χ2v) is 6.78. The lowest BCUT2D eigenvalue weighted by atomic mass is 10.1. The minimum Gasteiger partial charge on any atom is -0.497 e. The predicted molar refractivity (Wildman–Crippen MR) is 99.7 cm³/mol. The third kappa shape index (κ3) is 3.05. The number of hydrogen-bond donors (Lipinski definition) is 0. The molecule has 3 aromatic rings. The number of fused-ring (bicyclic) bond motifs is 1. The summed E-state index contributed by atoms with van der Waals surface area (Å²) < 4.78 is 13.6. The van der Waals surface area contributed by atoms with Gasteiger partial charge in [-0.1, -0.05) is 23.5 Å². The first-order chi connectivity index (χ1) is 12.0. The molecule has 5 nitrogen and oxygen atoms in total. The molecular weight excluding hydrogens is 336 g/mol. The largest absolute Gasteiger partial charge is 0.497 e. The van der Waals surface area contributed by atoms with Crippen molar-refractivity contribution in [3.63, 3.8) is 0 Å². The standard InChI is InChI=1S/C19H20N2O3S/c1-11-6-7-12(2)17-16(11)21(3)19(25-17)20-18(22)14-9-8-13(23-4)10-15(14)24-5/h6-10H,1-5H3. The van der Waals surface area contributed by atoms with Gasteiger partial charge >= 0.3 is 0 Å². The van der Waals surface area contributed by atoms with Crippen LogP contribution >= 0.6 is 11.3 Å². The third-order valence-electron chi connectivity index (χ3n) is 4.18. The lowest BCUT2D eigenvalue weighted by Crippen LogP contribution is -2.14. The summed E-state index contributed by atoms with van der Waals surface area (Å²) in [5.41, 5.74) is 3.86. The van der Waals surface area contributed by atoms with E-state index in [-0.39, 0.29) is 5.91 Å². The Bertz CT molecular complexity index is 1030. The number of aromatic nitrogens is 1. The van der Waals surface area contributed by atoms with Crippen LogP contribution in [0.3, 0.4) is 0 Å². The van der Waals surface area contributed by atoms with Crippen molar-refractivity contribution >= 4 is 27.5 Å².